The van der Waals surface area contributed by atoms with E-state index in [-0.39, 0.29) is 24.5 Å². The number of ether oxygens (including phenoxy) is 1. The van der Waals surface area contributed by atoms with Crippen molar-refractivity contribution in [1.29, 1.82) is 0 Å². The van der Waals surface area contributed by atoms with E-state index in [1.165, 1.54) is 0 Å². The Bertz CT molecular complexity index is 460. The standard InChI is InChI=1S/C16H23NO3/c1-12-4-3-5-13(2)15(12)20-10-14(19)17-11-16(6-7-16)8-9-18/h3-5,18H,6-11H2,1-2H3,(H,17,19). The molecule has 4 heteroatoms. The summed E-state index contributed by atoms with van der Waals surface area (Å²) < 4.78 is 5.61. The van der Waals surface area contributed by atoms with Gasteiger partial charge in [0.2, 0.25) is 0 Å². The van der Waals surface area contributed by atoms with E-state index in [1.807, 2.05) is 32.0 Å². The van der Waals surface area contributed by atoms with E-state index in [1.54, 1.807) is 0 Å². The predicted molar refractivity (Wildman–Crippen MR) is 77.8 cm³/mol. The highest BCUT2D eigenvalue weighted by Crippen LogP contribution is 2.47. The quantitative estimate of drug-likeness (QED) is 0.801. The number of carbonyl (C=O) groups excluding carboxylic acids is 1. The normalized spacial score (nSPS) is 15.8. The number of aryl methyl sites for hydroxylation is 2. The molecule has 1 fully saturated rings. The lowest BCUT2D eigenvalue weighted by atomic mass is 10.0. The van der Waals surface area contributed by atoms with Crippen LogP contribution in [0.2, 0.25) is 0 Å². The fraction of sp³-hybridized carbons (Fsp3) is 0.562. The lowest BCUT2D eigenvalue weighted by Gasteiger charge is -2.15. The van der Waals surface area contributed by atoms with E-state index in [0.717, 1.165) is 36.1 Å². The molecule has 0 unspecified atom stereocenters. The number of aliphatic hydroxyl groups excluding tert-OH is 1. The first kappa shape index (κ1) is 14.9. The van der Waals surface area contributed by atoms with Gasteiger partial charge < -0.3 is 15.2 Å². The van der Waals surface area contributed by atoms with Crippen LogP contribution in [0.4, 0.5) is 0 Å². The van der Waals surface area contributed by atoms with Crippen LogP contribution in [0.25, 0.3) is 0 Å². The van der Waals surface area contributed by atoms with E-state index in [2.05, 4.69) is 5.32 Å². The van der Waals surface area contributed by atoms with Gasteiger partial charge >= 0.3 is 0 Å². The van der Waals surface area contributed by atoms with Crippen LogP contribution in [0, 0.1) is 19.3 Å². The molecule has 4 nitrogen and oxygen atoms in total. The minimum absolute atomic E-state index is 0.0426. The highest BCUT2D eigenvalue weighted by atomic mass is 16.5. The monoisotopic (exact) mass is 277 g/mol. The largest absolute Gasteiger partial charge is 0.483 e. The average molecular weight is 277 g/mol. The molecular weight excluding hydrogens is 254 g/mol. The van der Waals surface area contributed by atoms with Gasteiger partial charge in [-0.1, -0.05) is 18.2 Å². The number of benzene rings is 1. The molecule has 0 spiro atoms. The van der Waals surface area contributed by atoms with Gasteiger partial charge in [0.25, 0.3) is 5.91 Å². The summed E-state index contributed by atoms with van der Waals surface area (Å²) in [5.41, 5.74) is 2.22. The fourth-order valence-corrected chi connectivity index (χ4v) is 2.43. The van der Waals surface area contributed by atoms with Crippen molar-refractivity contribution in [3.8, 4) is 5.75 Å². The molecule has 20 heavy (non-hydrogen) atoms. The number of para-hydroxylation sites is 1. The van der Waals surface area contributed by atoms with Crippen molar-refractivity contribution in [2.75, 3.05) is 19.8 Å². The maximum atomic E-state index is 11.8. The zero-order chi connectivity index (χ0) is 14.6. The molecule has 0 atom stereocenters. The Kier molecular flexibility index (Phi) is 4.65. The van der Waals surface area contributed by atoms with Gasteiger partial charge in [-0.2, -0.15) is 0 Å². The topological polar surface area (TPSA) is 58.6 Å². The third-order valence-electron chi connectivity index (χ3n) is 4.02. The minimum Gasteiger partial charge on any atom is -0.483 e. The van der Waals surface area contributed by atoms with Crippen molar-refractivity contribution < 1.29 is 14.6 Å². The third kappa shape index (κ3) is 3.73. The second kappa shape index (κ2) is 6.27. The van der Waals surface area contributed by atoms with Crippen LogP contribution in [0.15, 0.2) is 18.2 Å². The number of nitrogens with one attached hydrogen (secondary N) is 1. The molecule has 0 aromatic heterocycles. The second-order valence-corrected chi connectivity index (χ2v) is 5.76. The van der Waals surface area contributed by atoms with Crippen molar-refractivity contribution in [3.05, 3.63) is 29.3 Å². The van der Waals surface area contributed by atoms with E-state index in [0.29, 0.717) is 6.54 Å². The molecule has 1 aromatic carbocycles. The molecule has 1 aliphatic rings. The zero-order valence-electron chi connectivity index (χ0n) is 12.2. The Labute approximate surface area is 120 Å². The van der Waals surface area contributed by atoms with Crippen LogP contribution in [-0.4, -0.2) is 30.8 Å². The van der Waals surface area contributed by atoms with Crippen LogP contribution < -0.4 is 10.1 Å². The lowest BCUT2D eigenvalue weighted by molar-refractivity contribution is -0.123. The number of amides is 1. The third-order valence-corrected chi connectivity index (χ3v) is 4.02. The molecular formula is C16H23NO3. The Balaban J connectivity index is 1.78. The van der Waals surface area contributed by atoms with E-state index < -0.39 is 0 Å². The lowest BCUT2D eigenvalue weighted by Crippen LogP contribution is -2.34. The van der Waals surface area contributed by atoms with E-state index >= 15 is 0 Å². The van der Waals surface area contributed by atoms with Gasteiger partial charge in [0, 0.05) is 13.2 Å². The summed E-state index contributed by atoms with van der Waals surface area (Å²) in [6.07, 6.45) is 2.95. The summed E-state index contributed by atoms with van der Waals surface area (Å²) in [7, 11) is 0. The summed E-state index contributed by atoms with van der Waals surface area (Å²) >= 11 is 0. The molecule has 1 aliphatic carbocycles. The van der Waals surface area contributed by atoms with Crippen LogP contribution in [-0.2, 0) is 4.79 Å². The van der Waals surface area contributed by atoms with Gasteiger partial charge in [0.15, 0.2) is 6.61 Å². The van der Waals surface area contributed by atoms with Crippen molar-refractivity contribution in [3.63, 3.8) is 0 Å². The summed E-state index contributed by atoms with van der Waals surface area (Å²) in [4.78, 5) is 11.8. The number of rotatable bonds is 7. The van der Waals surface area contributed by atoms with Gasteiger partial charge in [-0.25, -0.2) is 0 Å². The van der Waals surface area contributed by atoms with Gasteiger partial charge in [-0.05, 0) is 49.7 Å². The predicted octanol–water partition coefficient (Wildman–Crippen LogP) is 1.96. The van der Waals surface area contributed by atoms with Crippen LogP contribution >= 0.6 is 0 Å². The number of aliphatic hydroxyl groups is 1. The minimum atomic E-state index is -0.100. The molecule has 2 N–H and O–H groups in total. The van der Waals surface area contributed by atoms with Gasteiger partial charge in [0.05, 0.1) is 0 Å². The molecule has 1 saturated carbocycles. The van der Waals surface area contributed by atoms with Crippen LogP contribution in [0.5, 0.6) is 5.75 Å². The summed E-state index contributed by atoms with van der Waals surface area (Å²) in [6, 6.07) is 5.92. The summed E-state index contributed by atoms with van der Waals surface area (Å²) in [5, 5.41) is 11.9. The molecule has 0 radical (unpaired) electrons. The van der Waals surface area contributed by atoms with E-state index in [9.17, 15) is 4.79 Å². The van der Waals surface area contributed by atoms with Gasteiger partial charge in [-0.3, -0.25) is 4.79 Å². The second-order valence-electron chi connectivity index (χ2n) is 5.76. The molecule has 1 aromatic rings. The maximum absolute atomic E-state index is 11.8. The summed E-state index contributed by atoms with van der Waals surface area (Å²) in [5.74, 6) is 0.691. The van der Waals surface area contributed by atoms with Crippen molar-refractivity contribution in [2.24, 2.45) is 5.41 Å². The molecule has 0 aliphatic heterocycles. The molecule has 2 rings (SSSR count). The molecule has 0 heterocycles. The number of carbonyl (C=O) groups is 1. The SMILES string of the molecule is Cc1cccc(C)c1OCC(=O)NCC1(CCO)CC1. The molecule has 0 bridgehead atoms. The Morgan fingerprint density at radius 2 is 2.00 bits per heavy atom. The Morgan fingerprint density at radius 1 is 1.35 bits per heavy atom. The Morgan fingerprint density at radius 3 is 2.55 bits per heavy atom. The first-order valence-corrected chi connectivity index (χ1v) is 7.13. The van der Waals surface area contributed by atoms with Crippen molar-refractivity contribution >= 4 is 5.91 Å². The summed E-state index contributed by atoms with van der Waals surface area (Å²) in [6.45, 7) is 4.82. The van der Waals surface area contributed by atoms with Crippen LogP contribution in [0.3, 0.4) is 0 Å². The molecule has 110 valence electrons. The molecule has 1 amide bonds. The van der Waals surface area contributed by atoms with Crippen molar-refractivity contribution in [2.45, 2.75) is 33.1 Å². The highest BCUT2D eigenvalue weighted by molar-refractivity contribution is 5.77. The maximum Gasteiger partial charge on any atom is 0.257 e. The van der Waals surface area contributed by atoms with Crippen molar-refractivity contribution in [1.82, 2.24) is 5.32 Å². The van der Waals surface area contributed by atoms with Crippen LogP contribution in [0.1, 0.15) is 30.4 Å². The van der Waals surface area contributed by atoms with E-state index in [4.69, 9.17) is 9.84 Å². The Hall–Kier alpha value is -1.55. The molecule has 0 saturated heterocycles. The number of hydrogen-bond acceptors (Lipinski definition) is 3. The first-order valence-electron chi connectivity index (χ1n) is 7.13. The first-order chi connectivity index (χ1) is 9.56. The van der Waals surface area contributed by atoms with Gasteiger partial charge in [0.1, 0.15) is 5.75 Å². The highest BCUT2D eigenvalue weighted by Gasteiger charge is 2.41. The zero-order valence-corrected chi connectivity index (χ0v) is 12.2. The smallest absolute Gasteiger partial charge is 0.257 e. The number of hydrogen-bond donors (Lipinski definition) is 2. The fourth-order valence-electron chi connectivity index (χ4n) is 2.43. The van der Waals surface area contributed by atoms with Gasteiger partial charge in [-0.15, -0.1) is 0 Å². The average Bonchev–Trinajstić information content (AvgIpc) is 3.17.